The number of benzene rings is 3. The number of amides is 1. The van der Waals surface area contributed by atoms with Gasteiger partial charge < -0.3 is 9.64 Å². The van der Waals surface area contributed by atoms with Crippen LogP contribution in [0.1, 0.15) is 34.3 Å². The van der Waals surface area contributed by atoms with Gasteiger partial charge >= 0.3 is 0 Å². The first-order valence-corrected chi connectivity index (χ1v) is 12.0. The summed E-state index contributed by atoms with van der Waals surface area (Å²) < 4.78 is 33.1. The lowest BCUT2D eigenvalue weighted by atomic mass is 10.1. The van der Waals surface area contributed by atoms with Gasteiger partial charge in [0.05, 0.1) is 12.0 Å². The highest BCUT2D eigenvalue weighted by Gasteiger charge is 2.33. The number of ether oxygens (including phenoxy) is 1. The fraction of sp³-hybridized carbons (Fsp3) is 0.240. The second-order valence-corrected chi connectivity index (χ2v) is 9.69. The highest BCUT2D eigenvalue weighted by molar-refractivity contribution is 7.92. The normalized spacial score (nSPS) is 13.4. The van der Waals surface area contributed by atoms with Crippen LogP contribution in [-0.2, 0) is 16.6 Å². The van der Waals surface area contributed by atoms with Crippen LogP contribution in [-0.4, -0.2) is 32.4 Å². The quantitative estimate of drug-likeness (QED) is 0.544. The molecule has 6 nitrogen and oxygen atoms in total. The number of carbonyl (C=O) groups is 1. The van der Waals surface area contributed by atoms with Crippen LogP contribution in [0, 0.1) is 6.92 Å². The summed E-state index contributed by atoms with van der Waals surface area (Å²) in [5.74, 6) is 0.557. The SMILES string of the molecule is COc1ccc(NS(=O)(=O)c2ccc(C(=O)N(Cc3ccc(C)cc3)C3CC3)cc2)cc1. The third-order valence-corrected chi connectivity index (χ3v) is 6.87. The Labute approximate surface area is 188 Å². The predicted octanol–water partition coefficient (Wildman–Crippen LogP) is 4.61. The predicted molar refractivity (Wildman–Crippen MR) is 124 cm³/mol. The summed E-state index contributed by atoms with van der Waals surface area (Å²) in [6.07, 6.45) is 1.99. The molecule has 0 spiro atoms. The zero-order chi connectivity index (χ0) is 22.7. The highest BCUT2D eigenvalue weighted by atomic mass is 32.2. The summed E-state index contributed by atoms with van der Waals surface area (Å²) in [6, 6.07) is 21.1. The molecule has 0 radical (unpaired) electrons. The van der Waals surface area contributed by atoms with Crippen molar-refractivity contribution < 1.29 is 17.9 Å². The van der Waals surface area contributed by atoms with Crippen molar-refractivity contribution in [3.63, 3.8) is 0 Å². The van der Waals surface area contributed by atoms with Crippen molar-refractivity contribution in [1.82, 2.24) is 4.90 Å². The van der Waals surface area contributed by atoms with Crippen molar-refractivity contribution in [3.05, 3.63) is 89.5 Å². The largest absolute Gasteiger partial charge is 0.497 e. The van der Waals surface area contributed by atoms with Crippen LogP contribution in [0.5, 0.6) is 5.75 Å². The van der Waals surface area contributed by atoms with Gasteiger partial charge in [-0.2, -0.15) is 0 Å². The third kappa shape index (κ3) is 5.11. The average molecular weight is 451 g/mol. The lowest BCUT2D eigenvalue weighted by Gasteiger charge is -2.23. The van der Waals surface area contributed by atoms with Crippen molar-refractivity contribution in [2.45, 2.75) is 37.2 Å². The van der Waals surface area contributed by atoms with Gasteiger partial charge in [-0.1, -0.05) is 29.8 Å². The number of aryl methyl sites for hydroxylation is 1. The Bertz CT molecular complexity index is 1180. The minimum absolute atomic E-state index is 0.0832. The van der Waals surface area contributed by atoms with E-state index in [4.69, 9.17) is 4.74 Å². The molecular formula is C25H26N2O4S. The van der Waals surface area contributed by atoms with E-state index in [0.717, 1.165) is 18.4 Å². The van der Waals surface area contributed by atoms with Gasteiger partial charge in [-0.05, 0) is 73.9 Å². The molecule has 0 bridgehead atoms. The number of anilines is 1. The van der Waals surface area contributed by atoms with E-state index in [1.54, 1.807) is 43.5 Å². The van der Waals surface area contributed by atoms with E-state index in [0.29, 0.717) is 23.5 Å². The molecule has 1 amide bonds. The van der Waals surface area contributed by atoms with E-state index in [-0.39, 0.29) is 16.8 Å². The molecule has 1 fully saturated rings. The molecule has 0 heterocycles. The molecule has 3 aromatic rings. The van der Waals surface area contributed by atoms with Crippen molar-refractivity contribution in [2.24, 2.45) is 0 Å². The van der Waals surface area contributed by atoms with Crippen LogP contribution in [0.3, 0.4) is 0 Å². The van der Waals surface area contributed by atoms with Crippen LogP contribution >= 0.6 is 0 Å². The molecule has 0 aliphatic heterocycles. The van der Waals surface area contributed by atoms with Gasteiger partial charge in [-0.15, -0.1) is 0 Å². The number of methoxy groups -OCH3 is 1. The second kappa shape index (κ2) is 9.04. The maximum atomic E-state index is 13.2. The smallest absolute Gasteiger partial charge is 0.261 e. The molecule has 0 unspecified atom stereocenters. The van der Waals surface area contributed by atoms with Crippen LogP contribution in [0.15, 0.2) is 77.7 Å². The molecule has 4 rings (SSSR count). The summed E-state index contributed by atoms with van der Waals surface area (Å²) in [6.45, 7) is 2.58. The van der Waals surface area contributed by atoms with E-state index < -0.39 is 10.0 Å². The number of rotatable bonds is 8. The van der Waals surface area contributed by atoms with Gasteiger partial charge in [-0.3, -0.25) is 9.52 Å². The Hall–Kier alpha value is -3.32. The van der Waals surface area contributed by atoms with Crippen LogP contribution in [0.4, 0.5) is 5.69 Å². The highest BCUT2D eigenvalue weighted by Crippen LogP contribution is 2.30. The molecule has 3 aromatic carbocycles. The van der Waals surface area contributed by atoms with E-state index >= 15 is 0 Å². The summed E-state index contributed by atoms with van der Waals surface area (Å²) in [5, 5.41) is 0. The Kier molecular flexibility index (Phi) is 6.19. The zero-order valence-corrected chi connectivity index (χ0v) is 18.9. The number of sulfonamides is 1. The van der Waals surface area contributed by atoms with Crippen molar-refractivity contribution in [3.8, 4) is 5.75 Å². The van der Waals surface area contributed by atoms with Crippen molar-refractivity contribution >= 4 is 21.6 Å². The number of hydrogen-bond acceptors (Lipinski definition) is 4. The van der Waals surface area contributed by atoms with Gasteiger partial charge in [0.15, 0.2) is 0 Å². The molecular weight excluding hydrogens is 424 g/mol. The average Bonchev–Trinajstić information content (AvgIpc) is 3.64. The molecule has 0 aromatic heterocycles. The standard InChI is InChI=1S/C25H26N2O4S/c1-18-3-5-19(6-4-18)17-27(22-11-12-22)25(28)20-7-15-24(16-8-20)32(29,30)26-21-9-13-23(31-2)14-10-21/h3-10,13-16,22,26H,11-12,17H2,1-2H3. The Morgan fingerprint density at radius 3 is 2.16 bits per heavy atom. The first kappa shape index (κ1) is 21.9. The van der Waals surface area contributed by atoms with Crippen molar-refractivity contribution in [1.29, 1.82) is 0 Å². The molecule has 1 N–H and O–H groups in total. The Morgan fingerprint density at radius 1 is 0.969 bits per heavy atom. The summed E-state index contributed by atoms with van der Waals surface area (Å²) in [5.41, 5.74) is 3.17. The maximum Gasteiger partial charge on any atom is 0.261 e. The minimum Gasteiger partial charge on any atom is -0.497 e. The van der Waals surface area contributed by atoms with E-state index in [1.165, 1.54) is 17.7 Å². The van der Waals surface area contributed by atoms with Gasteiger partial charge in [0.1, 0.15) is 5.75 Å². The second-order valence-electron chi connectivity index (χ2n) is 8.01. The molecule has 166 valence electrons. The Morgan fingerprint density at radius 2 is 1.59 bits per heavy atom. The molecule has 0 saturated heterocycles. The molecule has 7 heteroatoms. The number of nitrogens with one attached hydrogen (secondary N) is 1. The van der Waals surface area contributed by atoms with Gasteiger partial charge in [-0.25, -0.2) is 8.42 Å². The fourth-order valence-electron chi connectivity index (χ4n) is 3.46. The van der Waals surface area contributed by atoms with Crippen LogP contribution in [0.25, 0.3) is 0 Å². The van der Waals surface area contributed by atoms with E-state index in [9.17, 15) is 13.2 Å². The number of hydrogen-bond donors (Lipinski definition) is 1. The van der Waals surface area contributed by atoms with Crippen molar-refractivity contribution in [2.75, 3.05) is 11.8 Å². The molecule has 0 atom stereocenters. The molecule has 1 aliphatic rings. The lowest BCUT2D eigenvalue weighted by molar-refractivity contribution is 0.0730. The fourth-order valence-corrected chi connectivity index (χ4v) is 4.52. The monoisotopic (exact) mass is 450 g/mol. The first-order chi connectivity index (χ1) is 15.4. The summed E-state index contributed by atoms with van der Waals surface area (Å²) in [4.78, 5) is 15.1. The van der Waals surface area contributed by atoms with Crippen LogP contribution in [0.2, 0.25) is 0 Å². The third-order valence-electron chi connectivity index (χ3n) is 5.48. The molecule has 32 heavy (non-hydrogen) atoms. The van der Waals surface area contributed by atoms with Crippen LogP contribution < -0.4 is 9.46 Å². The van der Waals surface area contributed by atoms with Gasteiger partial charge in [0.25, 0.3) is 15.9 Å². The lowest BCUT2D eigenvalue weighted by Crippen LogP contribution is -2.32. The van der Waals surface area contributed by atoms with Gasteiger partial charge in [0.2, 0.25) is 0 Å². The summed E-state index contributed by atoms with van der Waals surface area (Å²) >= 11 is 0. The number of nitrogens with zero attached hydrogens (tertiary/aromatic N) is 1. The number of carbonyl (C=O) groups excluding carboxylic acids is 1. The maximum absolute atomic E-state index is 13.2. The molecule has 1 saturated carbocycles. The first-order valence-electron chi connectivity index (χ1n) is 10.5. The Balaban J connectivity index is 1.48. The van der Waals surface area contributed by atoms with E-state index in [1.807, 2.05) is 36.1 Å². The van der Waals surface area contributed by atoms with Gasteiger partial charge in [0, 0.05) is 23.8 Å². The topological polar surface area (TPSA) is 75.7 Å². The minimum atomic E-state index is -3.77. The van der Waals surface area contributed by atoms with E-state index in [2.05, 4.69) is 4.72 Å². The summed E-state index contributed by atoms with van der Waals surface area (Å²) in [7, 11) is -2.22. The molecule has 1 aliphatic carbocycles. The zero-order valence-electron chi connectivity index (χ0n) is 18.1.